The van der Waals surface area contributed by atoms with Crippen LogP contribution in [0.4, 0.5) is 0 Å². The average molecular weight is 268 g/mol. The summed E-state index contributed by atoms with van der Waals surface area (Å²) in [6.45, 7) is 4.17. The minimum Gasteiger partial charge on any atom is -0.227 e. The largest absolute Gasteiger partial charge is 0.227 e. The van der Waals surface area contributed by atoms with Gasteiger partial charge >= 0.3 is 0 Å². The summed E-state index contributed by atoms with van der Waals surface area (Å²) in [7, 11) is 0. The van der Waals surface area contributed by atoms with Gasteiger partial charge in [-0.2, -0.15) is 5.10 Å². The summed E-state index contributed by atoms with van der Waals surface area (Å²) in [5, 5.41) is 4.02. The van der Waals surface area contributed by atoms with Gasteiger partial charge in [-0.15, -0.1) is 0 Å². The number of aromatic nitrogens is 5. The molecule has 0 aliphatic heterocycles. The van der Waals surface area contributed by atoms with Crippen LogP contribution in [0.25, 0.3) is 5.82 Å². The molecule has 15 heavy (non-hydrogen) atoms. The van der Waals surface area contributed by atoms with Crippen LogP contribution in [0.2, 0.25) is 0 Å². The van der Waals surface area contributed by atoms with Crippen LogP contribution in [0.5, 0.6) is 0 Å². The third kappa shape index (κ3) is 2.20. The Balaban J connectivity index is 2.49. The lowest BCUT2D eigenvalue weighted by Crippen LogP contribution is -2.03. The molecule has 0 atom stereocenters. The van der Waals surface area contributed by atoms with Crippen molar-refractivity contribution in [3.8, 4) is 5.82 Å². The molecular weight excluding hydrogens is 258 g/mol. The molecule has 2 rings (SSSR count). The smallest absolute Gasteiger partial charge is 0.198 e. The lowest BCUT2D eigenvalue weighted by atomic mass is 10.1. The van der Waals surface area contributed by atoms with Crippen molar-refractivity contribution >= 4 is 15.9 Å². The van der Waals surface area contributed by atoms with Crippen LogP contribution in [0.1, 0.15) is 25.5 Å². The molecule has 5 nitrogen and oxygen atoms in total. The van der Waals surface area contributed by atoms with E-state index in [4.69, 9.17) is 0 Å². The molecule has 0 aliphatic carbocycles. The molecule has 2 aromatic heterocycles. The van der Waals surface area contributed by atoms with Crippen molar-refractivity contribution in [1.29, 1.82) is 0 Å². The van der Waals surface area contributed by atoms with Gasteiger partial charge < -0.3 is 0 Å². The van der Waals surface area contributed by atoms with Gasteiger partial charge in [-0.05, 0) is 21.8 Å². The van der Waals surface area contributed by atoms with Crippen LogP contribution < -0.4 is 0 Å². The Kier molecular flexibility index (Phi) is 2.77. The van der Waals surface area contributed by atoms with Crippen LogP contribution >= 0.6 is 15.9 Å². The fraction of sp³-hybridized carbons (Fsp3) is 0.333. The molecule has 0 saturated carbocycles. The Bertz CT molecular complexity index is 452. The van der Waals surface area contributed by atoms with Crippen molar-refractivity contribution in [3.05, 3.63) is 29.1 Å². The number of hydrogen-bond acceptors (Lipinski definition) is 4. The second-order valence-electron chi connectivity index (χ2n) is 3.41. The van der Waals surface area contributed by atoms with Gasteiger partial charge in [0, 0.05) is 11.8 Å². The zero-order valence-electron chi connectivity index (χ0n) is 8.42. The first kappa shape index (κ1) is 10.2. The highest BCUT2D eigenvalue weighted by molar-refractivity contribution is 9.10. The highest BCUT2D eigenvalue weighted by Crippen LogP contribution is 2.16. The molecule has 0 saturated heterocycles. The normalized spacial score (nSPS) is 10.9. The molecule has 0 radical (unpaired) electrons. The molecule has 2 heterocycles. The summed E-state index contributed by atoms with van der Waals surface area (Å²) in [5.41, 5.74) is 0.974. The summed E-state index contributed by atoms with van der Waals surface area (Å²) in [5.74, 6) is 1.07. The van der Waals surface area contributed by atoms with E-state index in [9.17, 15) is 0 Å². The number of nitrogens with zero attached hydrogens (tertiary/aromatic N) is 5. The zero-order chi connectivity index (χ0) is 10.8. The summed E-state index contributed by atoms with van der Waals surface area (Å²) in [6.07, 6.45) is 3.09. The van der Waals surface area contributed by atoms with Crippen molar-refractivity contribution in [2.24, 2.45) is 0 Å². The van der Waals surface area contributed by atoms with Crippen molar-refractivity contribution in [2.75, 3.05) is 0 Å². The van der Waals surface area contributed by atoms with Gasteiger partial charge in [-0.25, -0.2) is 19.6 Å². The first-order chi connectivity index (χ1) is 7.16. The minimum atomic E-state index is 0.353. The third-order valence-corrected chi connectivity index (χ3v) is 2.30. The van der Waals surface area contributed by atoms with Gasteiger partial charge in [0.2, 0.25) is 0 Å². The molecule has 0 unspecified atom stereocenters. The van der Waals surface area contributed by atoms with E-state index in [0.29, 0.717) is 10.7 Å². The Morgan fingerprint density at radius 2 is 2.13 bits per heavy atom. The lowest BCUT2D eigenvalue weighted by molar-refractivity contribution is 0.774. The maximum absolute atomic E-state index is 4.29. The van der Waals surface area contributed by atoms with Gasteiger partial charge in [0.1, 0.15) is 12.7 Å². The Morgan fingerprint density at radius 1 is 1.33 bits per heavy atom. The molecule has 6 heteroatoms. The molecule has 0 bridgehead atoms. The second-order valence-corrected chi connectivity index (χ2v) is 4.12. The maximum Gasteiger partial charge on any atom is 0.198 e. The van der Waals surface area contributed by atoms with Crippen LogP contribution in [-0.2, 0) is 0 Å². The number of halogens is 1. The van der Waals surface area contributed by atoms with Crippen molar-refractivity contribution in [3.63, 3.8) is 0 Å². The predicted molar refractivity (Wildman–Crippen MR) is 58.7 cm³/mol. The van der Waals surface area contributed by atoms with Gasteiger partial charge in [0.15, 0.2) is 10.6 Å². The second kappa shape index (κ2) is 4.06. The topological polar surface area (TPSA) is 56.5 Å². The van der Waals surface area contributed by atoms with Gasteiger partial charge in [0.05, 0.1) is 0 Å². The van der Waals surface area contributed by atoms with E-state index in [-0.39, 0.29) is 0 Å². The molecule has 2 aromatic rings. The van der Waals surface area contributed by atoms with Crippen LogP contribution in [0.15, 0.2) is 23.5 Å². The Hall–Kier alpha value is -1.30. The predicted octanol–water partition coefficient (Wildman–Crippen LogP) is 1.94. The molecule has 0 spiro atoms. The van der Waals surface area contributed by atoms with E-state index in [1.807, 2.05) is 6.07 Å². The van der Waals surface area contributed by atoms with Crippen LogP contribution in [-0.4, -0.2) is 24.7 Å². The molecular formula is C9H10BrN5. The third-order valence-electron chi connectivity index (χ3n) is 1.95. The van der Waals surface area contributed by atoms with Crippen molar-refractivity contribution in [2.45, 2.75) is 19.8 Å². The molecule has 0 amide bonds. The van der Waals surface area contributed by atoms with E-state index in [0.717, 1.165) is 11.5 Å². The van der Waals surface area contributed by atoms with Crippen LogP contribution in [0.3, 0.4) is 0 Å². The van der Waals surface area contributed by atoms with Gasteiger partial charge in [0.25, 0.3) is 0 Å². The fourth-order valence-corrected chi connectivity index (χ4v) is 1.55. The first-order valence-electron chi connectivity index (χ1n) is 4.56. The van der Waals surface area contributed by atoms with Gasteiger partial charge in [-0.3, -0.25) is 0 Å². The van der Waals surface area contributed by atoms with E-state index >= 15 is 0 Å². The minimum absolute atomic E-state index is 0.353. The quantitative estimate of drug-likeness (QED) is 0.781. The van der Waals surface area contributed by atoms with E-state index in [2.05, 4.69) is 49.8 Å². The Labute approximate surface area is 95.7 Å². The number of hydrogen-bond donors (Lipinski definition) is 0. The summed E-state index contributed by atoms with van der Waals surface area (Å²) < 4.78 is 2.18. The molecule has 0 fully saturated rings. The van der Waals surface area contributed by atoms with Crippen molar-refractivity contribution in [1.82, 2.24) is 24.7 Å². The SMILES string of the molecule is CC(C)c1cc(-n2cncn2)nc(Br)n1. The summed E-state index contributed by atoms with van der Waals surface area (Å²) in [4.78, 5) is 12.4. The van der Waals surface area contributed by atoms with E-state index in [1.165, 1.54) is 6.33 Å². The Morgan fingerprint density at radius 3 is 2.73 bits per heavy atom. The average Bonchev–Trinajstić information content (AvgIpc) is 2.69. The van der Waals surface area contributed by atoms with Crippen molar-refractivity contribution < 1.29 is 0 Å². The fourth-order valence-electron chi connectivity index (χ4n) is 1.16. The highest BCUT2D eigenvalue weighted by Gasteiger charge is 2.07. The van der Waals surface area contributed by atoms with Crippen LogP contribution in [0, 0.1) is 0 Å². The first-order valence-corrected chi connectivity index (χ1v) is 5.35. The molecule has 78 valence electrons. The maximum atomic E-state index is 4.29. The summed E-state index contributed by atoms with van der Waals surface area (Å²) >= 11 is 3.28. The molecule has 0 aromatic carbocycles. The monoisotopic (exact) mass is 267 g/mol. The van der Waals surface area contributed by atoms with E-state index < -0.39 is 0 Å². The lowest BCUT2D eigenvalue weighted by Gasteiger charge is -2.06. The van der Waals surface area contributed by atoms with Gasteiger partial charge in [-0.1, -0.05) is 13.8 Å². The zero-order valence-corrected chi connectivity index (χ0v) is 10.0. The van der Waals surface area contributed by atoms with E-state index in [1.54, 1.807) is 11.0 Å². The summed E-state index contributed by atoms with van der Waals surface area (Å²) in [6, 6.07) is 1.91. The highest BCUT2D eigenvalue weighted by atomic mass is 79.9. The standard InChI is InChI=1S/C9H10BrN5/c1-6(2)7-3-8(14-9(10)13-7)15-5-11-4-12-15/h3-6H,1-2H3. The molecule has 0 N–H and O–H groups in total. The molecule has 0 aliphatic rings. The number of rotatable bonds is 2.